The molecule has 3 atom stereocenters. The third kappa shape index (κ3) is 2.04. The number of carbonyl (C=O) groups is 2. The Hall–Kier alpha value is -1.10. The molecule has 1 amide bonds. The zero-order valence-corrected chi connectivity index (χ0v) is 9.39. The summed E-state index contributed by atoms with van der Waals surface area (Å²) in [5, 5.41) is 8.71. The third-order valence-corrected chi connectivity index (χ3v) is 3.44. The van der Waals surface area contributed by atoms with Crippen molar-refractivity contribution in [3.05, 3.63) is 0 Å². The van der Waals surface area contributed by atoms with E-state index in [4.69, 9.17) is 9.84 Å². The van der Waals surface area contributed by atoms with E-state index in [1.165, 1.54) is 4.90 Å². The second-order valence-electron chi connectivity index (χ2n) is 4.46. The average molecular weight is 227 g/mol. The predicted octanol–water partition coefficient (Wildman–Crippen LogP) is 0.487. The Morgan fingerprint density at radius 3 is 2.62 bits per heavy atom. The summed E-state index contributed by atoms with van der Waals surface area (Å²) in [6, 6.07) is 0. The molecule has 0 aromatic heterocycles. The van der Waals surface area contributed by atoms with E-state index in [-0.39, 0.29) is 30.6 Å². The lowest BCUT2D eigenvalue weighted by molar-refractivity contribution is -0.147. The van der Waals surface area contributed by atoms with Gasteiger partial charge in [0.25, 0.3) is 0 Å². The molecule has 0 aliphatic carbocycles. The summed E-state index contributed by atoms with van der Waals surface area (Å²) in [5.41, 5.74) is 0. The van der Waals surface area contributed by atoms with Crippen molar-refractivity contribution < 1.29 is 19.4 Å². The number of hydrogen-bond acceptors (Lipinski definition) is 3. The fraction of sp³-hybridized carbons (Fsp3) is 0.818. The molecular formula is C11H17NO4. The van der Waals surface area contributed by atoms with Crippen molar-refractivity contribution in [3.63, 3.8) is 0 Å². The summed E-state index contributed by atoms with van der Waals surface area (Å²) >= 11 is 0. The van der Waals surface area contributed by atoms with Gasteiger partial charge in [-0.1, -0.05) is 0 Å². The number of ether oxygens (including phenoxy) is 1. The van der Waals surface area contributed by atoms with E-state index < -0.39 is 5.97 Å². The highest BCUT2D eigenvalue weighted by atomic mass is 16.5. The van der Waals surface area contributed by atoms with Crippen LogP contribution in [0.5, 0.6) is 0 Å². The smallest absolute Gasteiger partial charge is 0.323 e. The molecule has 90 valence electrons. The van der Waals surface area contributed by atoms with Crippen LogP contribution >= 0.6 is 0 Å². The molecule has 2 aliphatic heterocycles. The van der Waals surface area contributed by atoms with Gasteiger partial charge in [0.1, 0.15) is 6.54 Å². The number of fused-ring (bicyclic) bond motifs is 2. The third-order valence-electron chi connectivity index (χ3n) is 3.44. The Kier molecular flexibility index (Phi) is 3.14. The first-order valence-electron chi connectivity index (χ1n) is 5.77. The lowest BCUT2D eigenvalue weighted by Gasteiger charge is -2.25. The van der Waals surface area contributed by atoms with Crippen molar-refractivity contribution in [3.8, 4) is 0 Å². The maximum Gasteiger partial charge on any atom is 0.323 e. The van der Waals surface area contributed by atoms with Gasteiger partial charge in [0.05, 0.1) is 18.1 Å². The molecule has 5 heteroatoms. The summed E-state index contributed by atoms with van der Waals surface area (Å²) in [6.45, 7) is 2.04. The van der Waals surface area contributed by atoms with E-state index in [0.717, 1.165) is 19.3 Å². The molecule has 2 rings (SSSR count). The molecule has 0 aromatic rings. The van der Waals surface area contributed by atoms with Crippen LogP contribution in [0, 0.1) is 5.92 Å². The topological polar surface area (TPSA) is 66.8 Å². The molecule has 0 radical (unpaired) electrons. The second kappa shape index (κ2) is 4.41. The molecule has 0 saturated carbocycles. The maximum atomic E-state index is 12.1. The first-order chi connectivity index (χ1) is 7.61. The first kappa shape index (κ1) is 11.4. The van der Waals surface area contributed by atoms with E-state index in [0.29, 0.717) is 6.54 Å². The fourth-order valence-electron chi connectivity index (χ4n) is 2.64. The van der Waals surface area contributed by atoms with Crippen molar-refractivity contribution in [1.29, 1.82) is 0 Å². The van der Waals surface area contributed by atoms with Crippen molar-refractivity contribution >= 4 is 11.9 Å². The van der Waals surface area contributed by atoms with Gasteiger partial charge in [-0.05, 0) is 26.2 Å². The summed E-state index contributed by atoms with van der Waals surface area (Å²) in [7, 11) is 0. The normalized spacial score (nSPS) is 31.7. The summed E-state index contributed by atoms with van der Waals surface area (Å²) in [6.07, 6.45) is 2.99. The van der Waals surface area contributed by atoms with Gasteiger partial charge in [0.15, 0.2) is 0 Å². The molecule has 2 saturated heterocycles. The van der Waals surface area contributed by atoms with Gasteiger partial charge in [0, 0.05) is 6.54 Å². The Morgan fingerprint density at radius 1 is 1.44 bits per heavy atom. The van der Waals surface area contributed by atoms with Crippen LogP contribution in [-0.2, 0) is 14.3 Å². The molecule has 2 heterocycles. The van der Waals surface area contributed by atoms with Crippen LogP contribution < -0.4 is 0 Å². The van der Waals surface area contributed by atoms with Crippen LogP contribution in [-0.4, -0.2) is 47.2 Å². The Balaban J connectivity index is 1.97. The first-order valence-corrected chi connectivity index (χ1v) is 5.77. The van der Waals surface area contributed by atoms with Gasteiger partial charge in [-0.15, -0.1) is 0 Å². The largest absolute Gasteiger partial charge is 0.480 e. The van der Waals surface area contributed by atoms with Crippen LogP contribution in [0.4, 0.5) is 0 Å². The maximum absolute atomic E-state index is 12.1. The van der Waals surface area contributed by atoms with Gasteiger partial charge in [-0.3, -0.25) is 9.59 Å². The lowest BCUT2D eigenvalue weighted by atomic mass is 9.88. The summed E-state index contributed by atoms with van der Waals surface area (Å²) < 4.78 is 5.61. The van der Waals surface area contributed by atoms with Crippen LogP contribution in [0.25, 0.3) is 0 Å². The molecule has 0 spiro atoms. The Labute approximate surface area is 94.4 Å². The molecule has 1 N–H and O–H groups in total. The van der Waals surface area contributed by atoms with E-state index in [1.54, 1.807) is 6.92 Å². The summed E-state index contributed by atoms with van der Waals surface area (Å²) in [4.78, 5) is 24.1. The summed E-state index contributed by atoms with van der Waals surface area (Å²) in [5.74, 6) is -1.13. The van der Waals surface area contributed by atoms with Crippen molar-refractivity contribution in [2.75, 3.05) is 13.1 Å². The number of amides is 1. The molecule has 2 fully saturated rings. The van der Waals surface area contributed by atoms with Gasteiger partial charge in [-0.2, -0.15) is 0 Å². The minimum absolute atomic E-state index is 0.0281. The number of carboxylic acid groups (broad SMARTS) is 1. The number of carbonyl (C=O) groups excluding carboxylic acids is 1. The fourth-order valence-corrected chi connectivity index (χ4v) is 2.64. The molecule has 16 heavy (non-hydrogen) atoms. The Morgan fingerprint density at radius 2 is 2.19 bits per heavy atom. The molecule has 5 nitrogen and oxygen atoms in total. The molecule has 0 aromatic carbocycles. The lowest BCUT2D eigenvalue weighted by Crippen LogP contribution is -2.42. The molecular weight excluding hydrogens is 210 g/mol. The SMILES string of the molecule is CCN(CC(=O)O)C(=O)C1CC2CCC1O2. The van der Waals surface area contributed by atoms with E-state index in [2.05, 4.69) is 0 Å². The van der Waals surface area contributed by atoms with E-state index in [1.807, 2.05) is 0 Å². The van der Waals surface area contributed by atoms with Crippen molar-refractivity contribution in [2.24, 2.45) is 5.92 Å². The number of likely N-dealkylation sites (N-methyl/N-ethyl adjacent to an activating group) is 1. The van der Waals surface area contributed by atoms with Crippen molar-refractivity contribution in [2.45, 2.75) is 38.4 Å². The number of hydrogen-bond donors (Lipinski definition) is 1. The number of nitrogens with zero attached hydrogens (tertiary/aromatic N) is 1. The van der Waals surface area contributed by atoms with Crippen LogP contribution in [0.3, 0.4) is 0 Å². The van der Waals surface area contributed by atoms with E-state index in [9.17, 15) is 9.59 Å². The van der Waals surface area contributed by atoms with Crippen LogP contribution in [0.15, 0.2) is 0 Å². The molecule has 2 bridgehead atoms. The quantitative estimate of drug-likeness (QED) is 0.759. The van der Waals surface area contributed by atoms with Gasteiger partial charge >= 0.3 is 5.97 Å². The minimum atomic E-state index is -0.959. The van der Waals surface area contributed by atoms with Crippen LogP contribution in [0.1, 0.15) is 26.2 Å². The predicted molar refractivity (Wildman–Crippen MR) is 55.9 cm³/mol. The van der Waals surface area contributed by atoms with Gasteiger partial charge in [-0.25, -0.2) is 0 Å². The highest BCUT2D eigenvalue weighted by Crippen LogP contribution is 2.39. The minimum Gasteiger partial charge on any atom is -0.480 e. The monoisotopic (exact) mass is 227 g/mol. The zero-order valence-electron chi connectivity index (χ0n) is 9.39. The molecule has 3 unspecified atom stereocenters. The highest BCUT2D eigenvalue weighted by Gasteiger charge is 2.45. The molecule has 2 aliphatic rings. The van der Waals surface area contributed by atoms with Crippen molar-refractivity contribution in [1.82, 2.24) is 4.90 Å². The number of rotatable bonds is 4. The highest BCUT2D eigenvalue weighted by molar-refractivity contribution is 5.83. The standard InChI is InChI=1S/C11H17NO4/c1-2-12(6-10(13)14)11(15)8-5-7-3-4-9(8)16-7/h7-9H,2-6H2,1H3,(H,13,14). The van der Waals surface area contributed by atoms with E-state index >= 15 is 0 Å². The van der Waals surface area contributed by atoms with Gasteiger partial charge in [0.2, 0.25) is 5.91 Å². The number of aliphatic carboxylic acids is 1. The van der Waals surface area contributed by atoms with Crippen LogP contribution in [0.2, 0.25) is 0 Å². The van der Waals surface area contributed by atoms with Gasteiger partial charge < -0.3 is 14.7 Å². The second-order valence-corrected chi connectivity index (χ2v) is 4.46. The Bertz CT molecular complexity index is 304. The zero-order chi connectivity index (χ0) is 11.7. The number of carboxylic acids is 1. The average Bonchev–Trinajstić information content (AvgIpc) is 2.86.